The van der Waals surface area contributed by atoms with Crippen LogP contribution in [-0.4, -0.2) is 28.7 Å². The average molecular weight is 533 g/mol. The second-order valence-electron chi connectivity index (χ2n) is 10.4. The van der Waals surface area contributed by atoms with Gasteiger partial charge in [0, 0.05) is 27.3 Å². The summed E-state index contributed by atoms with van der Waals surface area (Å²) in [6.45, 7) is 1.88. The van der Waals surface area contributed by atoms with E-state index in [4.69, 9.17) is 16.3 Å². The van der Waals surface area contributed by atoms with Gasteiger partial charge in [-0.25, -0.2) is 0 Å². The highest BCUT2D eigenvalue weighted by atomic mass is 35.5. The molecule has 0 saturated carbocycles. The van der Waals surface area contributed by atoms with Crippen LogP contribution in [0.5, 0.6) is 0 Å². The normalized spacial score (nSPS) is 22.1. The fraction of sp³-hybridized carbons (Fsp3) is 0.152. The molecule has 1 heterocycles. The van der Waals surface area contributed by atoms with Crippen molar-refractivity contribution in [2.45, 2.75) is 24.5 Å². The Kier molecular flexibility index (Phi) is 5.00. The molecule has 190 valence electrons. The van der Waals surface area contributed by atoms with Crippen LogP contribution in [0, 0.1) is 12.3 Å². The smallest absolute Gasteiger partial charge is 0.204 e. The van der Waals surface area contributed by atoms with Crippen LogP contribution in [-0.2, 0) is 4.74 Å². The zero-order valence-corrected chi connectivity index (χ0v) is 21.6. The Hall–Kier alpha value is -4.19. The monoisotopic (exact) mass is 532 g/mol. The molecular weight excluding hydrogens is 512 g/mol. The van der Waals surface area contributed by atoms with Crippen LogP contribution in [0.1, 0.15) is 70.1 Å². The molecule has 0 amide bonds. The maximum atomic E-state index is 14.6. The lowest BCUT2D eigenvalue weighted by atomic mass is 9.59. The number of ether oxygens (including phenoxy) is 1. The first kappa shape index (κ1) is 23.9. The molecule has 0 radical (unpaired) electrons. The molecular formula is C33H21ClO5. The number of carbonyl (C=O) groups is 4. The molecule has 3 aliphatic rings. The van der Waals surface area contributed by atoms with Gasteiger partial charge < -0.3 is 4.74 Å². The Balaban J connectivity index is 1.60. The third-order valence-corrected chi connectivity index (χ3v) is 8.64. The summed E-state index contributed by atoms with van der Waals surface area (Å²) in [4.78, 5) is 58.0. The van der Waals surface area contributed by atoms with Crippen molar-refractivity contribution in [3.8, 4) is 0 Å². The Morgan fingerprint density at radius 3 is 1.64 bits per heavy atom. The summed E-state index contributed by atoms with van der Waals surface area (Å²) in [5.74, 6) is -3.19. The van der Waals surface area contributed by atoms with Crippen molar-refractivity contribution in [3.63, 3.8) is 0 Å². The van der Waals surface area contributed by atoms with Gasteiger partial charge in [0.2, 0.25) is 17.2 Å². The van der Waals surface area contributed by atoms with Crippen molar-refractivity contribution in [3.05, 3.63) is 141 Å². The number of Topliss-reactive ketones (excluding diaryl/α,β-unsaturated/α-hetero) is 4. The Morgan fingerprint density at radius 1 is 0.615 bits per heavy atom. The topological polar surface area (TPSA) is 77.5 Å². The van der Waals surface area contributed by atoms with E-state index < -0.39 is 46.2 Å². The quantitative estimate of drug-likeness (QED) is 0.280. The highest BCUT2D eigenvalue weighted by molar-refractivity contribution is 6.37. The van der Waals surface area contributed by atoms with Gasteiger partial charge in [-0.3, -0.25) is 19.2 Å². The second-order valence-corrected chi connectivity index (χ2v) is 10.8. The molecule has 0 N–H and O–H groups in total. The minimum Gasteiger partial charge on any atom is -0.348 e. The van der Waals surface area contributed by atoms with Gasteiger partial charge >= 0.3 is 0 Å². The molecule has 1 fully saturated rings. The van der Waals surface area contributed by atoms with Gasteiger partial charge in [-0.05, 0) is 30.2 Å². The lowest BCUT2D eigenvalue weighted by Crippen LogP contribution is -2.51. The molecule has 1 aliphatic heterocycles. The molecule has 2 atom stereocenters. The molecule has 2 aliphatic carbocycles. The van der Waals surface area contributed by atoms with Gasteiger partial charge in [0.1, 0.15) is 11.5 Å². The van der Waals surface area contributed by atoms with Gasteiger partial charge in [0.25, 0.3) is 0 Å². The van der Waals surface area contributed by atoms with E-state index in [0.717, 1.165) is 5.56 Å². The summed E-state index contributed by atoms with van der Waals surface area (Å²) in [5, 5.41) is 0.462. The molecule has 7 rings (SSSR count). The Bertz CT molecular complexity index is 1680. The summed E-state index contributed by atoms with van der Waals surface area (Å²) in [6, 6.07) is 27.1. The van der Waals surface area contributed by atoms with E-state index in [1.807, 2.05) is 19.1 Å². The minimum absolute atomic E-state index is 0.225. The average Bonchev–Trinajstić information content (AvgIpc) is 3.47. The van der Waals surface area contributed by atoms with Gasteiger partial charge in [0.05, 0.1) is 5.92 Å². The first-order chi connectivity index (χ1) is 18.8. The molecule has 1 saturated heterocycles. The third kappa shape index (κ3) is 2.89. The van der Waals surface area contributed by atoms with Gasteiger partial charge in [-0.15, -0.1) is 0 Å². The fourth-order valence-corrected chi connectivity index (χ4v) is 6.94. The molecule has 6 heteroatoms. The number of aryl methyl sites for hydroxylation is 1. The Labute approximate surface area is 229 Å². The molecule has 0 unspecified atom stereocenters. The second kappa shape index (κ2) is 8.15. The van der Waals surface area contributed by atoms with E-state index in [0.29, 0.717) is 16.1 Å². The lowest BCUT2D eigenvalue weighted by Gasteiger charge is -2.34. The van der Waals surface area contributed by atoms with E-state index in [9.17, 15) is 19.2 Å². The summed E-state index contributed by atoms with van der Waals surface area (Å²) in [7, 11) is 0. The van der Waals surface area contributed by atoms with Crippen molar-refractivity contribution in [2.24, 2.45) is 5.41 Å². The van der Waals surface area contributed by atoms with Gasteiger partial charge in [-0.2, -0.15) is 0 Å². The molecule has 4 aromatic rings. The number of halogens is 1. The zero-order valence-electron chi connectivity index (χ0n) is 20.8. The maximum Gasteiger partial charge on any atom is 0.204 e. The molecule has 0 bridgehead atoms. The van der Waals surface area contributed by atoms with Crippen molar-refractivity contribution < 1.29 is 23.9 Å². The van der Waals surface area contributed by atoms with E-state index >= 15 is 0 Å². The summed E-state index contributed by atoms with van der Waals surface area (Å²) < 4.78 is 6.68. The Morgan fingerprint density at radius 2 is 1.13 bits per heavy atom. The standard InChI is InChI=1S/C33H21ClO5/c1-18-7-6-8-20(17-18)26-32(27(35)22-9-2-3-10-23(22)28(32)36)31(19-13-15-21(34)16-14-19)39-33(26)29(37)24-11-4-5-12-25(24)30(33)38/h2-17,26,31H,1H3/t26-,31+/m1/s1. The van der Waals surface area contributed by atoms with E-state index in [-0.39, 0.29) is 22.3 Å². The molecule has 5 nitrogen and oxygen atoms in total. The van der Waals surface area contributed by atoms with E-state index in [2.05, 4.69) is 0 Å². The van der Waals surface area contributed by atoms with Crippen LogP contribution in [0.25, 0.3) is 0 Å². The van der Waals surface area contributed by atoms with Crippen LogP contribution in [0.3, 0.4) is 0 Å². The summed E-state index contributed by atoms with van der Waals surface area (Å²) in [5.41, 5.74) is -1.15. The minimum atomic E-state index is -2.10. The number of rotatable bonds is 2. The predicted octanol–water partition coefficient (Wildman–Crippen LogP) is 6.39. The number of carbonyl (C=O) groups excluding carboxylic acids is 4. The molecule has 4 aromatic carbocycles. The SMILES string of the molecule is Cc1cccc([C@H]2C3(O[C@@H](c4ccc(Cl)cc4)C24C(=O)c2ccccc2C4=O)C(=O)c2ccccc2C3=O)c1. The van der Waals surface area contributed by atoms with E-state index in [1.54, 1.807) is 84.9 Å². The third-order valence-electron chi connectivity index (χ3n) is 8.39. The predicted molar refractivity (Wildman–Crippen MR) is 145 cm³/mol. The van der Waals surface area contributed by atoms with Crippen molar-refractivity contribution in [1.82, 2.24) is 0 Å². The maximum absolute atomic E-state index is 14.6. The first-order valence-electron chi connectivity index (χ1n) is 12.7. The van der Waals surface area contributed by atoms with Crippen LogP contribution in [0.4, 0.5) is 0 Å². The molecule has 2 spiro atoms. The fourth-order valence-electron chi connectivity index (χ4n) is 6.81. The lowest BCUT2D eigenvalue weighted by molar-refractivity contribution is -0.0210. The summed E-state index contributed by atoms with van der Waals surface area (Å²) >= 11 is 6.19. The largest absolute Gasteiger partial charge is 0.348 e. The molecule has 0 aromatic heterocycles. The number of fused-ring (bicyclic) bond motifs is 2. The van der Waals surface area contributed by atoms with Crippen LogP contribution >= 0.6 is 11.6 Å². The van der Waals surface area contributed by atoms with Crippen molar-refractivity contribution in [2.75, 3.05) is 0 Å². The summed E-state index contributed by atoms with van der Waals surface area (Å²) in [6.07, 6.45) is -1.21. The van der Waals surface area contributed by atoms with Gasteiger partial charge in [-0.1, -0.05) is 102 Å². The highest BCUT2D eigenvalue weighted by Gasteiger charge is 2.79. The molecule has 39 heavy (non-hydrogen) atoms. The van der Waals surface area contributed by atoms with Gasteiger partial charge in [0.15, 0.2) is 11.6 Å². The first-order valence-corrected chi connectivity index (χ1v) is 13.1. The van der Waals surface area contributed by atoms with Crippen molar-refractivity contribution in [1.29, 1.82) is 0 Å². The number of hydrogen-bond donors (Lipinski definition) is 0. The van der Waals surface area contributed by atoms with Crippen LogP contribution in [0.15, 0.2) is 97.1 Å². The number of hydrogen-bond acceptors (Lipinski definition) is 5. The zero-order chi connectivity index (χ0) is 27.1. The van der Waals surface area contributed by atoms with E-state index in [1.165, 1.54) is 0 Å². The number of benzene rings is 4. The van der Waals surface area contributed by atoms with Crippen LogP contribution < -0.4 is 0 Å². The number of ketones is 4. The van der Waals surface area contributed by atoms with Crippen molar-refractivity contribution >= 4 is 34.7 Å². The highest BCUT2D eigenvalue weighted by Crippen LogP contribution is 2.67. The van der Waals surface area contributed by atoms with Crippen LogP contribution in [0.2, 0.25) is 5.02 Å².